The molecule has 204 valence electrons. The van der Waals surface area contributed by atoms with Gasteiger partial charge in [-0.3, -0.25) is 14.6 Å². The third-order valence-electron chi connectivity index (χ3n) is 6.20. The third kappa shape index (κ3) is 8.14. The number of aliphatic imine (C=N–C) groups is 1. The van der Waals surface area contributed by atoms with Gasteiger partial charge in [0.15, 0.2) is 0 Å². The van der Waals surface area contributed by atoms with Gasteiger partial charge in [0.1, 0.15) is 24.6 Å². The zero-order valence-electron chi connectivity index (χ0n) is 22.6. The summed E-state index contributed by atoms with van der Waals surface area (Å²) in [5, 5.41) is 5.86. The van der Waals surface area contributed by atoms with Gasteiger partial charge in [-0.2, -0.15) is 0 Å². The lowest BCUT2D eigenvalue weighted by molar-refractivity contribution is -0.137. The van der Waals surface area contributed by atoms with E-state index in [2.05, 4.69) is 36.1 Å². The van der Waals surface area contributed by atoms with Crippen molar-refractivity contribution in [1.29, 1.82) is 0 Å². The van der Waals surface area contributed by atoms with Gasteiger partial charge in [0.25, 0.3) is 0 Å². The van der Waals surface area contributed by atoms with Crippen LogP contribution in [0.4, 0.5) is 21.5 Å². The average molecular weight is 525 g/mol. The number of carbonyl (C=O) groups is 2. The largest absolute Gasteiger partial charge is 0.491 e. The van der Waals surface area contributed by atoms with E-state index in [0.717, 1.165) is 12.8 Å². The Labute approximate surface area is 223 Å². The predicted octanol–water partition coefficient (Wildman–Crippen LogP) is 5.63. The molecule has 1 fully saturated rings. The van der Waals surface area contributed by atoms with E-state index in [4.69, 9.17) is 9.47 Å². The molecule has 0 saturated carbocycles. The number of hydrogen-bond donors (Lipinski definition) is 2. The van der Waals surface area contributed by atoms with Crippen molar-refractivity contribution in [3.05, 3.63) is 54.4 Å². The molecule has 3 rings (SSSR count). The number of nitrogens with zero attached hydrogens (tertiary/aromatic N) is 2. The molecule has 2 aromatic rings. The van der Waals surface area contributed by atoms with Gasteiger partial charge >= 0.3 is 0 Å². The van der Waals surface area contributed by atoms with Crippen LogP contribution < -0.4 is 15.4 Å². The standard InChI is InChI=1S/C29H37FN4O4/c1-6-31-25-17-23(38-15-14-37-5)16-24(30)28(25)20(2)32-21-8-10-22(11-9-21)33-26(35)18-27(36)34-13-7-12-29(3,4)19-34/h6,8-11,16-17,32H,2,7,12-15,18-19H2,1,3-5H3,(H,33,35). The maximum absolute atomic E-state index is 15.0. The van der Waals surface area contributed by atoms with Crippen molar-refractivity contribution in [3.8, 4) is 5.75 Å². The van der Waals surface area contributed by atoms with Crippen molar-refractivity contribution in [3.63, 3.8) is 0 Å². The minimum atomic E-state index is -0.524. The van der Waals surface area contributed by atoms with Gasteiger partial charge in [-0.05, 0) is 49.4 Å². The van der Waals surface area contributed by atoms with Crippen LogP contribution in [0.25, 0.3) is 5.70 Å². The van der Waals surface area contributed by atoms with Crippen LogP contribution in [0.15, 0.2) is 48.0 Å². The van der Waals surface area contributed by atoms with Gasteiger partial charge in [0.2, 0.25) is 11.8 Å². The summed E-state index contributed by atoms with van der Waals surface area (Å²) in [5.41, 5.74) is 2.19. The molecule has 0 spiro atoms. The van der Waals surface area contributed by atoms with Crippen LogP contribution in [0, 0.1) is 11.2 Å². The Morgan fingerprint density at radius 3 is 2.47 bits per heavy atom. The van der Waals surface area contributed by atoms with Crippen molar-refractivity contribution in [2.45, 2.75) is 40.0 Å². The highest BCUT2D eigenvalue weighted by Crippen LogP contribution is 2.34. The first-order valence-corrected chi connectivity index (χ1v) is 12.7. The lowest BCUT2D eigenvalue weighted by Crippen LogP contribution is -2.44. The number of methoxy groups -OCH3 is 1. The monoisotopic (exact) mass is 524 g/mol. The Morgan fingerprint density at radius 1 is 1.16 bits per heavy atom. The molecule has 1 heterocycles. The lowest BCUT2D eigenvalue weighted by atomic mass is 9.84. The molecule has 1 saturated heterocycles. The second kappa shape index (κ2) is 13.2. The van der Waals surface area contributed by atoms with E-state index in [1.54, 1.807) is 55.5 Å². The minimum Gasteiger partial charge on any atom is -0.491 e. The smallest absolute Gasteiger partial charge is 0.233 e. The van der Waals surface area contributed by atoms with E-state index in [1.807, 2.05) is 0 Å². The van der Waals surface area contributed by atoms with Crippen LogP contribution >= 0.6 is 0 Å². The van der Waals surface area contributed by atoms with E-state index < -0.39 is 5.82 Å². The summed E-state index contributed by atoms with van der Waals surface area (Å²) < 4.78 is 25.5. The first-order valence-electron chi connectivity index (χ1n) is 12.7. The molecule has 38 heavy (non-hydrogen) atoms. The average Bonchev–Trinajstić information content (AvgIpc) is 2.84. The zero-order valence-corrected chi connectivity index (χ0v) is 22.6. The van der Waals surface area contributed by atoms with Crippen LogP contribution in [0.1, 0.15) is 45.6 Å². The zero-order chi connectivity index (χ0) is 27.7. The molecule has 1 aliphatic rings. The summed E-state index contributed by atoms with van der Waals surface area (Å²) in [6, 6.07) is 9.81. The van der Waals surface area contributed by atoms with Gasteiger partial charge in [0.05, 0.1) is 17.9 Å². The van der Waals surface area contributed by atoms with Crippen molar-refractivity contribution in [2.24, 2.45) is 10.4 Å². The maximum Gasteiger partial charge on any atom is 0.233 e. The summed E-state index contributed by atoms with van der Waals surface area (Å²) in [7, 11) is 1.56. The number of ether oxygens (including phenoxy) is 2. The number of benzene rings is 2. The predicted molar refractivity (Wildman–Crippen MR) is 150 cm³/mol. The van der Waals surface area contributed by atoms with Gasteiger partial charge in [-0.25, -0.2) is 4.39 Å². The summed E-state index contributed by atoms with van der Waals surface area (Å²) >= 11 is 0. The molecule has 1 aliphatic heterocycles. The quantitative estimate of drug-likeness (QED) is 0.226. The number of nitrogens with one attached hydrogen (secondary N) is 2. The number of halogens is 1. The molecule has 2 N–H and O–H groups in total. The summed E-state index contributed by atoms with van der Waals surface area (Å²) in [5.74, 6) is -0.698. The lowest BCUT2D eigenvalue weighted by Gasteiger charge is -2.38. The number of amides is 2. The molecule has 0 aliphatic carbocycles. The molecule has 0 bridgehead atoms. The fraction of sp³-hybridized carbons (Fsp3) is 0.414. The number of rotatable bonds is 11. The molecule has 2 amide bonds. The Hall–Kier alpha value is -3.72. The molecular formula is C29H37FN4O4. The third-order valence-corrected chi connectivity index (χ3v) is 6.20. The normalized spacial score (nSPS) is 14.8. The van der Waals surface area contributed by atoms with E-state index >= 15 is 4.39 Å². The van der Waals surface area contributed by atoms with Crippen LogP contribution in [0.3, 0.4) is 0 Å². The van der Waals surface area contributed by atoms with Gasteiger partial charge < -0.3 is 25.0 Å². The Kier molecular flexibility index (Phi) is 10.0. The first-order chi connectivity index (χ1) is 18.1. The van der Waals surface area contributed by atoms with Gasteiger partial charge in [0, 0.05) is 55.6 Å². The van der Waals surface area contributed by atoms with E-state index in [0.29, 0.717) is 48.2 Å². The second-order valence-corrected chi connectivity index (χ2v) is 10.0. The molecule has 0 radical (unpaired) electrons. The van der Waals surface area contributed by atoms with Crippen molar-refractivity contribution < 1.29 is 23.5 Å². The van der Waals surface area contributed by atoms with E-state index in [-0.39, 0.29) is 35.8 Å². The number of likely N-dealkylation sites (tertiary alicyclic amines) is 1. The molecule has 0 aromatic heterocycles. The van der Waals surface area contributed by atoms with E-state index in [9.17, 15) is 9.59 Å². The molecule has 2 aromatic carbocycles. The molecule has 0 atom stereocenters. The number of piperidine rings is 1. The summed E-state index contributed by atoms with van der Waals surface area (Å²) in [6.45, 7) is 12.0. The number of hydrogen-bond acceptors (Lipinski definition) is 6. The Bertz CT molecular complexity index is 1180. The van der Waals surface area contributed by atoms with Gasteiger partial charge in [-0.1, -0.05) is 20.4 Å². The molecule has 0 unspecified atom stereocenters. The molecule has 8 nitrogen and oxygen atoms in total. The topological polar surface area (TPSA) is 92.3 Å². The Morgan fingerprint density at radius 2 is 1.84 bits per heavy atom. The summed E-state index contributed by atoms with van der Waals surface area (Å²) in [6.07, 6.45) is 3.39. The minimum absolute atomic E-state index is 0.0731. The van der Waals surface area contributed by atoms with Crippen molar-refractivity contribution in [2.75, 3.05) is 44.0 Å². The number of carbonyl (C=O) groups excluding carboxylic acids is 2. The first kappa shape index (κ1) is 28.8. The van der Waals surface area contributed by atoms with Crippen LogP contribution in [-0.4, -0.2) is 56.3 Å². The van der Waals surface area contributed by atoms with Gasteiger partial charge in [-0.15, -0.1) is 0 Å². The fourth-order valence-electron chi connectivity index (χ4n) is 4.40. The second-order valence-electron chi connectivity index (χ2n) is 10.0. The number of anilines is 2. The maximum atomic E-state index is 15.0. The van der Waals surface area contributed by atoms with Crippen molar-refractivity contribution >= 4 is 40.8 Å². The highest BCUT2D eigenvalue weighted by atomic mass is 19.1. The molecule has 9 heteroatoms. The highest BCUT2D eigenvalue weighted by Gasteiger charge is 2.29. The van der Waals surface area contributed by atoms with Crippen LogP contribution in [0.2, 0.25) is 0 Å². The van der Waals surface area contributed by atoms with Crippen LogP contribution in [-0.2, 0) is 14.3 Å². The Balaban J connectivity index is 1.61. The van der Waals surface area contributed by atoms with Crippen LogP contribution in [0.5, 0.6) is 5.75 Å². The van der Waals surface area contributed by atoms with Crippen molar-refractivity contribution in [1.82, 2.24) is 4.90 Å². The molecular weight excluding hydrogens is 487 g/mol. The highest BCUT2D eigenvalue weighted by molar-refractivity contribution is 6.03. The summed E-state index contributed by atoms with van der Waals surface area (Å²) in [4.78, 5) is 31.1. The fourth-order valence-corrected chi connectivity index (χ4v) is 4.40. The van der Waals surface area contributed by atoms with E-state index in [1.165, 1.54) is 6.07 Å². The SMILES string of the molecule is C=C(Nc1ccc(NC(=O)CC(=O)N2CCCC(C)(C)C2)cc1)c1c(F)cc(OCCOC)cc1N=CC.